The highest BCUT2D eigenvalue weighted by Gasteiger charge is 2.27. The predicted molar refractivity (Wildman–Crippen MR) is 72.2 cm³/mol. The van der Waals surface area contributed by atoms with E-state index in [1.807, 2.05) is 24.3 Å². The van der Waals surface area contributed by atoms with Crippen molar-refractivity contribution in [2.24, 2.45) is 11.0 Å². The number of nitrogens with one attached hydrogen (secondary N) is 2. The van der Waals surface area contributed by atoms with Crippen LogP contribution < -0.4 is 10.1 Å². The number of rotatable bonds is 2. The van der Waals surface area contributed by atoms with Crippen LogP contribution in [0.3, 0.4) is 0 Å². The fraction of sp³-hybridized carbons (Fsp3) is 0.385. The number of hydrogen-bond acceptors (Lipinski definition) is 3. The maximum atomic E-state index is 7.75. The molecule has 0 amide bonds. The van der Waals surface area contributed by atoms with Gasteiger partial charge in [-0.05, 0) is 12.1 Å². The summed E-state index contributed by atoms with van der Waals surface area (Å²) in [5.41, 5.74) is 1.96. The van der Waals surface area contributed by atoms with Crippen LogP contribution in [-0.2, 0) is 0 Å². The van der Waals surface area contributed by atoms with E-state index in [9.17, 15) is 0 Å². The van der Waals surface area contributed by atoms with Crippen LogP contribution in [0, 0.1) is 11.3 Å². The van der Waals surface area contributed by atoms with Gasteiger partial charge in [-0.25, -0.2) is 5.01 Å². The Morgan fingerprint density at radius 2 is 2.22 bits per heavy atom. The Balaban J connectivity index is 2.35. The van der Waals surface area contributed by atoms with Gasteiger partial charge in [0.2, 0.25) is 5.96 Å². The molecule has 0 aromatic heterocycles. The van der Waals surface area contributed by atoms with Crippen LogP contribution in [0.25, 0.3) is 0 Å². The van der Waals surface area contributed by atoms with E-state index in [0.29, 0.717) is 12.5 Å². The van der Waals surface area contributed by atoms with Crippen molar-refractivity contribution in [3.8, 4) is 5.75 Å². The van der Waals surface area contributed by atoms with Crippen molar-refractivity contribution in [1.82, 2.24) is 10.3 Å². The third-order valence-electron chi connectivity index (χ3n) is 3.02. The average molecular weight is 246 g/mol. The van der Waals surface area contributed by atoms with E-state index in [0.717, 1.165) is 17.0 Å². The molecular formula is C13H18N4O. The molecule has 0 radical (unpaired) electrons. The highest BCUT2D eigenvalue weighted by molar-refractivity contribution is 6.06. The Kier molecular flexibility index (Phi) is 3.50. The number of nitrogens with zero attached hydrogens (tertiary/aromatic N) is 2. The van der Waals surface area contributed by atoms with E-state index >= 15 is 0 Å². The zero-order valence-corrected chi connectivity index (χ0v) is 10.9. The lowest BCUT2D eigenvalue weighted by molar-refractivity contribution is 0.413. The zero-order chi connectivity index (χ0) is 13.1. The molecule has 1 atom stereocenters. The molecule has 1 unspecified atom stereocenters. The van der Waals surface area contributed by atoms with Crippen LogP contribution in [-0.4, -0.2) is 37.4 Å². The predicted octanol–water partition coefficient (Wildman–Crippen LogP) is 1.51. The van der Waals surface area contributed by atoms with Crippen molar-refractivity contribution in [2.45, 2.75) is 6.92 Å². The van der Waals surface area contributed by atoms with E-state index in [2.05, 4.69) is 17.3 Å². The third-order valence-corrected chi connectivity index (χ3v) is 3.02. The van der Waals surface area contributed by atoms with Crippen LogP contribution in [0.1, 0.15) is 12.5 Å². The largest absolute Gasteiger partial charge is 0.496 e. The van der Waals surface area contributed by atoms with Crippen molar-refractivity contribution >= 4 is 11.7 Å². The number of benzene rings is 1. The average Bonchev–Trinajstić information content (AvgIpc) is 2.79. The van der Waals surface area contributed by atoms with Gasteiger partial charge in [-0.2, -0.15) is 5.10 Å². The molecule has 2 N–H and O–H groups in total. The van der Waals surface area contributed by atoms with Crippen LogP contribution in [0.4, 0.5) is 0 Å². The lowest BCUT2D eigenvalue weighted by Crippen LogP contribution is -2.34. The van der Waals surface area contributed by atoms with E-state index in [-0.39, 0.29) is 5.92 Å². The summed E-state index contributed by atoms with van der Waals surface area (Å²) in [4.78, 5) is 0. The SMILES string of the molecule is CNC(=N)N1CC(C)C(c2ccccc2OC)=N1. The van der Waals surface area contributed by atoms with Crippen molar-refractivity contribution in [3.05, 3.63) is 29.8 Å². The minimum absolute atomic E-state index is 0.273. The number of hydrogen-bond donors (Lipinski definition) is 2. The molecular weight excluding hydrogens is 228 g/mol. The van der Waals surface area contributed by atoms with Gasteiger partial charge in [0.05, 0.1) is 19.4 Å². The Hall–Kier alpha value is -2.04. The van der Waals surface area contributed by atoms with Crippen LogP contribution >= 0.6 is 0 Å². The van der Waals surface area contributed by atoms with Crippen LogP contribution in [0.5, 0.6) is 5.75 Å². The van der Waals surface area contributed by atoms with Crippen molar-refractivity contribution in [3.63, 3.8) is 0 Å². The number of methoxy groups -OCH3 is 1. The molecule has 1 aromatic rings. The zero-order valence-electron chi connectivity index (χ0n) is 10.9. The summed E-state index contributed by atoms with van der Waals surface area (Å²) >= 11 is 0. The summed E-state index contributed by atoms with van der Waals surface area (Å²) in [6.07, 6.45) is 0. The van der Waals surface area contributed by atoms with Crippen LogP contribution in [0.15, 0.2) is 29.4 Å². The Morgan fingerprint density at radius 3 is 2.89 bits per heavy atom. The molecule has 0 saturated carbocycles. The summed E-state index contributed by atoms with van der Waals surface area (Å²) in [5, 5.41) is 16.7. The second kappa shape index (κ2) is 5.08. The molecule has 1 aromatic carbocycles. The first-order valence-electron chi connectivity index (χ1n) is 5.93. The molecule has 1 aliphatic heterocycles. The van der Waals surface area contributed by atoms with E-state index in [1.165, 1.54) is 0 Å². The van der Waals surface area contributed by atoms with Gasteiger partial charge in [0.25, 0.3) is 0 Å². The number of para-hydroxylation sites is 1. The normalized spacial score (nSPS) is 18.5. The molecule has 18 heavy (non-hydrogen) atoms. The molecule has 5 nitrogen and oxygen atoms in total. The molecule has 1 heterocycles. The molecule has 5 heteroatoms. The first-order valence-corrected chi connectivity index (χ1v) is 5.93. The van der Waals surface area contributed by atoms with Gasteiger partial charge >= 0.3 is 0 Å². The third kappa shape index (κ3) is 2.16. The number of ether oxygens (including phenoxy) is 1. The van der Waals surface area contributed by atoms with Crippen LogP contribution in [0.2, 0.25) is 0 Å². The van der Waals surface area contributed by atoms with E-state index < -0.39 is 0 Å². The molecule has 0 saturated heterocycles. The Bertz CT molecular complexity index is 484. The highest BCUT2D eigenvalue weighted by atomic mass is 16.5. The summed E-state index contributed by atoms with van der Waals surface area (Å²) in [5.74, 6) is 1.41. The monoisotopic (exact) mass is 246 g/mol. The maximum Gasteiger partial charge on any atom is 0.211 e. The first-order chi connectivity index (χ1) is 8.67. The topological polar surface area (TPSA) is 60.7 Å². The molecule has 96 valence electrons. The van der Waals surface area contributed by atoms with Gasteiger partial charge < -0.3 is 10.1 Å². The van der Waals surface area contributed by atoms with Gasteiger partial charge in [0.1, 0.15) is 5.75 Å². The Labute approximate surface area is 107 Å². The minimum Gasteiger partial charge on any atom is -0.496 e. The lowest BCUT2D eigenvalue weighted by Gasteiger charge is -2.13. The fourth-order valence-corrected chi connectivity index (χ4v) is 2.06. The van der Waals surface area contributed by atoms with Gasteiger partial charge in [-0.1, -0.05) is 19.1 Å². The van der Waals surface area contributed by atoms with Gasteiger partial charge in [0.15, 0.2) is 0 Å². The molecule has 0 spiro atoms. The van der Waals surface area contributed by atoms with E-state index in [1.54, 1.807) is 19.2 Å². The fourth-order valence-electron chi connectivity index (χ4n) is 2.06. The standard InChI is InChI=1S/C13H18N4O/c1-9-8-17(13(14)15-2)16-12(9)10-6-4-5-7-11(10)18-3/h4-7,9H,8H2,1-3H3,(H2,14,15). The summed E-state index contributed by atoms with van der Waals surface area (Å²) in [7, 11) is 3.38. The minimum atomic E-state index is 0.273. The number of hydrazone groups is 1. The lowest BCUT2D eigenvalue weighted by atomic mass is 9.99. The first kappa shape index (κ1) is 12.4. The van der Waals surface area contributed by atoms with Crippen molar-refractivity contribution < 1.29 is 4.74 Å². The molecule has 0 fully saturated rings. The second-order valence-electron chi connectivity index (χ2n) is 4.27. The second-order valence-corrected chi connectivity index (χ2v) is 4.27. The van der Waals surface area contributed by atoms with Gasteiger partial charge in [0, 0.05) is 18.5 Å². The number of guanidine groups is 1. The molecule has 1 aliphatic rings. The van der Waals surface area contributed by atoms with Gasteiger partial charge in [-0.3, -0.25) is 5.41 Å². The summed E-state index contributed by atoms with van der Waals surface area (Å²) in [6.45, 7) is 2.82. The quantitative estimate of drug-likeness (QED) is 0.614. The highest BCUT2D eigenvalue weighted by Crippen LogP contribution is 2.25. The van der Waals surface area contributed by atoms with E-state index in [4.69, 9.17) is 10.1 Å². The summed E-state index contributed by atoms with van der Waals surface area (Å²) < 4.78 is 5.36. The Morgan fingerprint density at radius 1 is 1.50 bits per heavy atom. The molecule has 0 aliphatic carbocycles. The maximum absolute atomic E-state index is 7.75. The van der Waals surface area contributed by atoms with Crippen molar-refractivity contribution in [2.75, 3.05) is 20.7 Å². The van der Waals surface area contributed by atoms with Crippen molar-refractivity contribution in [1.29, 1.82) is 5.41 Å². The summed E-state index contributed by atoms with van der Waals surface area (Å²) in [6, 6.07) is 7.84. The molecule has 0 bridgehead atoms. The van der Waals surface area contributed by atoms with Gasteiger partial charge in [-0.15, -0.1) is 0 Å². The smallest absolute Gasteiger partial charge is 0.211 e. The molecule has 2 rings (SSSR count).